The molecule has 1 heterocycles. The number of nitrogens with one attached hydrogen (secondary N) is 1. The van der Waals surface area contributed by atoms with E-state index in [2.05, 4.69) is 10.1 Å². The van der Waals surface area contributed by atoms with E-state index in [-0.39, 0.29) is 11.3 Å². The van der Waals surface area contributed by atoms with Crippen molar-refractivity contribution in [3.8, 4) is 5.75 Å². The van der Waals surface area contributed by atoms with Crippen molar-refractivity contribution in [1.29, 1.82) is 0 Å². The summed E-state index contributed by atoms with van der Waals surface area (Å²) in [6.07, 6.45) is -1.56. The molecule has 0 radical (unpaired) electrons. The van der Waals surface area contributed by atoms with Crippen LogP contribution in [-0.2, 0) is 9.53 Å². The van der Waals surface area contributed by atoms with E-state index in [0.717, 1.165) is 0 Å². The summed E-state index contributed by atoms with van der Waals surface area (Å²) in [7, 11) is 1.26. The molecular formula is C10H9NO5. The Labute approximate surface area is 90.8 Å². The topological polar surface area (TPSA) is 84.9 Å². The highest BCUT2D eigenvalue weighted by Gasteiger charge is 2.26. The maximum Gasteiger partial charge on any atom is 0.337 e. The van der Waals surface area contributed by atoms with Gasteiger partial charge in [0.05, 0.1) is 18.4 Å². The number of aliphatic hydroxyl groups is 1. The minimum Gasteiger partial charge on any atom is -0.465 e. The van der Waals surface area contributed by atoms with Crippen LogP contribution in [0.4, 0.5) is 5.69 Å². The van der Waals surface area contributed by atoms with Crippen LogP contribution < -0.4 is 10.1 Å². The normalized spacial score (nSPS) is 18.1. The molecule has 1 aliphatic heterocycles. The Bertz CT molecular complexity index is 457. The number of fused-ring (bicyclic) bond motifs is 1. The summed E-state index contributed by atoms with van der Waals surface area (Å²) >= 11 is 0. The van der Waals surface area contributed by atoms with E-state index in [1.54, 1.807) is 0 Å². The second-order valence-corrected chi connectivity index (χ2v) is 3.16. The molecule has 2 rings (SSSR count). The van der Waals surface area contributed by atoms with Crippen molar-refractivity contribution in [1.82, 2.24) is 0 Å². The molecule has 16 heavy (non-hydrogen) atoms. The summed E-state index contributed by atoms with van der Waals surface area (Å²) in [6, 6.07) is 4.39. The van der Waals surface area contributed by atoms with Crippen LogP contribution in [0.3, 0.4) is 0 Å². The number of hydrogen-bond donors (Lipinski definition) is 2. The second kappa shape index (κ2) is 3.82. The lowest BCUT2D eigenvalue weighted by atomic mass is 10.1. The zero-order chi connectivity index (χ0) is 11.7. The number of methoxy groups -OCH3 is 1. The summed E-state index contributed by atoms with van der Waals surface area (Å²) in [4.78, 5) is 22.3. The smallest absolute Gasteiger partial charge is 0.337 e. The van der Waals surface area contributed by atoms with Crippen LogP contribution in [0.5, 0.6) is 5.75 Å². The van der Waals surface area contributed by atoms with Crippen molar-refractivity contribution in [3.63, 3.8) is 0 Å². The molecule has 84 valence electrons. The number of benzene rings is 1. The van der Waals surface area contributed by atoms with Crippen molar-refractivity contribution >= 4 is 17.6 Å². The van der Waals surface area contributed by atoms with Gasteiger partial charge in [-0.1, -0.05) is 0 Å². The van der Waals surface area contributed by atoms with Gasteiger partial charge in [-0.15, -0.1) is 0 Å². The first-order valence-corrected chi connectivity index (χ1v) is 4.50. The SMILES string of the molecule is COC(=O)c1ccc2c(c1)OC(O)C(=O)N2. The Morgan fingerprint density at radius 1 is 1.56 bits per heavy atom. The molecule has 0 saturated carbocycles. The molecule has 6 heteroatoms. The third-order valence-electron chi connectivity index (χ3n) is 2.12. The van der Waals surface area contributed by atoms with Crippen molar-refractivity contribution in [3.05, 3.63) is 23.8 Å². The minimum absolute atomic E-state index is 0.231. The number of esters is 1. The fraction of sp³-hybridized carbons (Fsp3) is 0.200. The maximum absolute atomic E-state index is 11.2. The fourth-order valence-electron chi connectivity index (χ4n) is 1.34. The van der Waals surface area contributed by atoms with Gasteiger partial charge in [-0.25, -0.2) is 4.79 Å². The third-order valence-corrected chi connectivity index (χ3v) is 2.12. The lowest BCUT2D eigenvalue weighted by Gasteiger charge is -2.22. The summed E-state index contributed by atoms with van der Waals surface area (Å²) in [5.41, 5.74) is 0.688. The molecule has 0 spiro atoms. The van der Waals surface area contributed by atoms with Crippen LogP contribution in [0.2, 0.25) is 0 Å². The molecule has 0 bridgehead atoms. The number of rotatable bonds is 1. The van der Waals surface area contributed by atoms with E-state index < -0.39 is 18.2 Å². The average molecular weight is 223 g/mol. The minimum atomic E-state index is -1.56. The van der Waals surface area contributed by atoms with Gasteiger partial charge in [0.15, 0.2) is 0 Å². The van der Waals surface area contributed by atoms with Crippen LogP contribution in [0.25, 0.3) is 0 Å². The summed E-state index contributed by atoms with van der Waals surface area (Å²) in [5.74, 6) is -0.925. The monoisotopic (exact) mass is 223 g/mol. The van der Waals surface area contributed by atoms with Gasteiger partial charge < -0.3 is 19.9 Å². The van der Waals surface area contributed by atoms with Crippen molar-refractivity contribution in [2.24, 2.45) is 0 Å². The van der Waals surface area contributed by atoms with Gasteiger partial charge in [0, 0.05) is 0 Å². The van der Waals surface area contributed by atoms with Crippen LogP contribution in [0.1, 0.15) is 10.4 Å². The van der Waals surface area contributed by atoms with Gasteiger partial charge in [-0.05, 0) is 18.2 Å². The predicted molar refractivity (Wildman–Crippen MR) is 53.0 cm³/mol. The zero-order valence-electron chi connectivity index (χ0n) is 8.39. The number of carbonyl (C=O) groups excluding carboxylic acids is 2. The molecule has 0 fully saturated rings. The van der Waals surface area contributed by atoms with E-state index in [1.807, 2.05) is 0 Å². The molecule has 0 saturated heterocycles. The lowest BCUT2D eigenvalue weighted by Crippen LogP contribution is -2.36. The van der Waals surface area contributed by atoms with Crippen LogP contribution in [0, 0.1) is 0 Å². The molecule has 1 amide bonds. The van der Waals surface area contributed by atoms with E-state index >= 15 is 0 Å². The molecule has 1 atom stereocenters. The number of amides is 1. The molecule has 1 aromatic rings. The number of anilines is 1. The third kappa shape index (κ3) is 1.70. The van der Waals surface area contributed by atoms with E-state index in [9.17, 15) is 9.59 Å². The van der Waals surface area contributed by atoms with Gasteiger partial charge in [-0.3, -0.25) is 4.79 Å². The molecule has 6 nitrogen and oxygen atoms in total. The Kier molecular flexibility index (Phi) is 2.49. The molecule has 2 N–H and O–H groups in total. The predicted octanol–water partition coefficient (Wildman–Crippen LogP) is 0.122. The molecular weight excluding hydrogens is 214 g/mol. The fourth-order valence-corrected chi connectivity index (χ4v) is 1.34. The van der Waals surface area contributed by atoms with Gasteiger partial charge in [-0.2, -0.15) is 0 Å². The molecule has 0 aliphatic carbocycles. The van der Waals surface area contributed by atoms with Crippen LogP contribution >= 0.6 is 0 Å². The highest BCUT2D eigenvalue weighted by atomic mass is 16.6. The number of carbonyl (C=O) groups is 2. The first-order chi connectivity index (χ1) is 7.61. The highest BCUT2D eigenvalue weighted by Crippen LogP contribution is 2.30. The standard InChI is InChI=1S/C10H9NO5/c1-15-9(13)5-2-3-6-7(4-5)16-10(14)8(12)11-6/h2-4,10,14H,1H3,(H,11,12). The number of hydrogen-bond acceptors (Lipinski definition) is 5. The summed E-state index contributed by atoms with van der Waals surface area (Å²) in [5, 5.41) is 11.6. The molecule has 1 aromatic carbocycles. The van der Waals surface area contributed by atoms with Crippen molar-refractivity contribution in [2.75, 3.05) is 12.4 Å². The number of aliphatic hydroxyl groups excluding tert-OH is 1. The highest BCUT2D eigenvalue weighted by molar-refractivity contribution is 5.98. The van der Waals surface area contributed by atoms with Gasteiger partial charge in [0.2, 0.25) is 0 Å². The van der Waals surface area contributed by atoms with Crippen molar-refractivity contribution in [2.45, 2.75) is 6.29 Å². The first-order valence-electron chi connectivity index (χ1n) is 4.50. The average Bonchev–Trinajstić information content (AvgIpc) is 2.29. The van der Waals surface area contributed by atoms with E-state index in [4.69, 9.17) is 9.84 Å². The Balaban J connectivity index is 2.36. The molecule has 1 aliphatic rings. The summed E-state index contributed by atoms with van der Waals surface area (Å²) < 4.78 is 9.45. The Hall–Kier alpha value is -2.08. The maximum atomic E-state index is 11.2. The van der Waals surface area contributed by atoms with Gasteiger partial charge in [0.1, 0.15) is 5.75 Å². The van der Waals surface area contributed by atoms with Crippen molar-refractivity contribution < 1.29 is 24.2 Å². The Morgan fingerprint density at radius 2 is 2.31 bits per heavy atom. The van der Waals surface area contributed by atoms with E-state index in [1.165, 1.54) is 25.3 Å². The Morgan fingerprint density at radius 3 is 3.00 bits per heavy atom. The zero-order valence-corrected chi connectivity index (χ0v) is 8.39. The summed E-state index contributed by atoms with van der Waals surface area (Å²) in [6.45, 7) is 0. The number of ether oxygens (including phenoxy) is 2. The largest absolute Gasteiger partial charge is 0.465 e. The second-order valence-electron chi connectivity index (χ2n) is 3.16. The first kappa shape index (κ1) is 10.4. The van der Waals surface area contributed by atoms with Crippen LogP contribution in [0.15, 0.2) is 18.2 Å². The van der Waals surface area contributed by atoms with Gasteiger partial charge in [0.25, 0.3) is 12.2 Å². The molecule has 0 aromatic heterocycles. The quantitative estimate of drug-likeness (QED) is 0.660. The lowest BCUT2D eigenvalue weighted by molar-refractivity contribution is -0.139. The molecule has 1 unspecified atom stereocenters. The van der Waals surface area contributed by atoms with Crippen LogP contribution in [-0.4, -0.2) is 30.4 Å². The van der Waals surface area contributed by atoms with Gasteiger partial charge >= 0.3 is 5.97 Å². The van der Waals surface area contributed by atoms with E-state index in [0.29, 0.717) is 5.69 Å².